The van der Waals surface area contributed by atoms with Crippen molar-refractivity contribution in [3.8, 4) is 0 Å². The van der Waals surface area contributed by atoms with E-state index in [-0.39, 0.29) is 29.5 Å². The summed E-state index contributed by atoms with van der Waals surface area (Å²) in [5.41, 5.74) is 1.78. The number of rotatable bonds is 14. The van der Waals surface area contributed by atoms with Crippen LogP contribution in [0.1, 0.15) is 30.9 Å². The third-order valence-corrected chi connectivity index (χ3v) is 9.31. The highest BCUT2D eigenvalue weighted by Crippen LogP contribution is 2.27. The number of nitrogens with zero attached hydrogens (tertiary/aromatic N) is 2. The number of hydrogen-bond acceptors (Lipinski definition) is 4. The van der Waals surface area contributed by atoms with E-state index in [9.17, 15) is 18.0 Å². The van der Waals surface area contributed by atoms with Gasteiger partial charge in [0.05, 0.1) is 10.6 Å². The quantitative estimate of drug-likeness (QED) is 0.153. The molecule has 0 aliphatic heterocycles. The Balaban J connectivity index is 1.78. The molecule has 4 aromatic carbocycles. The predicted molar refractivity (Wildman–Crippen MR) is 176 cm³/mol. The topological polar surface area (TPSA) is 86.8 Å². The summed E-state index contributed by atoms with van der Waals surface area (Å²) in [6.07, 6.45) is 1.90. The van der Waals surface area contributed by atoms with E-state index in [0.29, 0.717) is 22.2 Å². The largest absolute Gasteiger partial charge is 0.354 e. The summed E-state index contributed by atoms with van der Waals surface area (Å²) in [5.74, 6) is -0.881. The van der Waals surface area contributed by atoms with Crippen LogP contribution in [0.4, 0.5) is 5.69 Å². The molecule has 1 atom stereocenters. The van der Waals surface area contributed by atoms with Gasteiger partial charge in [0.2, 0.25) is 11.8 Å². The van der Waals surface area contributed by atoms with E-state index in [1.165, 1.54) is 23.1 Å². The Kier molecular flexibility index (Phi) is 11.8. The molecule has 44 heavy (non-hydrogen) atoms. The van der Waals surface area contributed by atoms with E-state index in [2.05, 4.69) is 5.32 Å². The minimum absolute atomic E-state index is 0.0207. The van der Waals surface area contributed by atoms with Crippen molar-refractivity contribution < 1.29 is 18.0 Å². The van der Waals surface area contributed by atoms with Gasteiger partial charge in [-0.05, 0) is 60.0 Å². The zero-order valence-electron chi connectivity index (χ0n) is 24.4. The molecule has 7 nitrogen and oxygen atoms in total. The van der Waals surface area contributed by atoms with Gasteiger partial charge in [0.1, 0.15) is 12.6 Å². The molecule has 0 saturated carbocycles. The van der Waals surface area contributed by atoms with Crippen molar-refractivity contribution in [2.75, 3.05) is 17.4 Å². The SMILES string of the molecule is CCCCNC(=O)[C@@H](Cc1ccccc1)N(Cc1cccc(Cl)c1)C(=O)CN(c1cccc(Cl)c1)S(=O)(=O)c1ccccc1. The summed E-state index contributed by atoms with van der Waals surface area (Å²) in [7, 11) is -4.20. The van der Waals surface area contributed by atoms with Gasteiger partial charge in [-0.1, -0.05) is 103 Å². The molecule has 0 bridgehead atoms. The molecule has 1 N–H and O–H groups in total. The number of amides is 2. The number of carbonyl (C=O) groups excluding carboxylic acids is 2. The molecule has 0 spiro atoms. The minimum Gasteiger partial charge on any atom is -0.354 e. The second-order valence-corrected chi connectivity index (χ2v) is 13.0. The molecule has 0 heterocycles. The van der Waals surface area contributed by atoms with E-state index >= 15 is 0 Å². The van der Waals surface area contributed by atoms with Gasteiger partial charge in [0.15, 0.2) is 0 Å². The van der Waals surface area contributed by atoms with Crippen molar-refractivity contribution >= 4 is 50.7 Å². The Morgan fingerprint density at radius 2 is 1.41 bits per heavy atom. The number of unbranched alkanes of at least 4 members (excludes halogenated alkanes) is 1. The predicted octanol–water partition coefficient (Wildman–Crippen LogP) is 6.75. The molecule has 2 amide bonds. The van der Waals surface area contributed by atoms with Gasteiger partial charge >= 0.3 is 0 Å². The minimum atomic E-state index is -4.20. The number of carbonyl (C=O) groups is 2. The first kappa shape index (κ1) is 33.1. The molecule has 0 aromatic heterocycles. The lowest BCUT2D eigenvalue weighted by Gasteiger charge is -2.34. The Morgan fingerprint density at radius 1 is 0.795 bits per heavy atom. The Morgan fingerprint density at radius 3 is 2.05 bits per heavy atom. The average molecular weight is 653 g/mol. The molecule has 230 valence electrons. The van der Waals surface area contributed by atoms with Crippen LogP contribution in [0.15, 0.2) is 114 Å². The molecular formula is C34H35Cl2N3O4S. The lowest BCUT2D eigenvalue weighted by Crippen LogP contribution is -2.53. The lowest BCUT2D eigenvalue weighted by molar-refractivity contribution is -0.140. The first-order valence-electron chi connectivity index (χ1n) is 14.4. The van der Waals surface area contributed by atoms with Crippen LogP contribution in [0, 0.1) is 0 Å². The third-order valence-electron chi connectivity index (χ3n) is 7.05. The van der Waals surface area contributed by atoms with Crippen molar-refractivity contribution in [3.63, 3.8) is 0 Å². The summed E-state index contributed by atoms with van der Waals surface area (Å²) in [5, 5.41) is 3.77. The van der Waals surface area contributed by atoms with Crippen molar-refractivity contribution in [1.82, 2.24) is 10.2 Å². The molecular weight excluding hydrogens is 617 g/mol. The van der Waals surface area contributed by atoms with E-state index in [4.69, 9.17) is 23.2 Å². The highest BCUT2D eigenvalue weighted by atomic mass is 35.5. The van der Waals surface area contributed by atoms with Gasteiger partial charge in [-0.3, -0.25) is 13.9 Å². The van der Waals surface area contributed by atoms with Crippen molar-refractivity contribution in [2.45, 2.75) is 43.7 Å². The standard InChI is InChI=1S/C34H35Cl2N3O4S/c1-2-3-20-37-34(41)32(22-26-12-6-4-7-13-26)38(24-27-14-10-15-28(35)21-27)33(40)25-39(30-17-11-16-29(36)23-30)44(42,43)31-18-8-5-9-19-31/h4-19,21,23,32H,2-3,20,22,24-25H2,1H3,(H,37,41)/t32-/m1/s1. The number of sulfonamides is 1. The summed E-state index contributed by atoms with van der Waals surface area (Å²) in [6, 6.07) is 29.8. The van der Waals surface area contributed by atoms with Crippen LogP contribution < -0.4 is 9.62 Å². The van der Waals surface area contributed by atoms with Crippen LogP contribution >= 0.6 is 23.2 Å². The van der Waals surface area contributed by atoms with E-state index < -0.39 is 28.5 Å². The van der Waals surface area contributed by atoms with Gasteiger partial charge in [-0.15, -0.1) is 0 Å². The number of nitrogens with one attached hydrogen (secondary N) is 1. The summed E-state index contributed by atoms with van der Waals surface area (Å²) < 4.78 is 29.0. The van der Waals surface area contributed by atoms with E-state index in [1.807, 2.05) is 43.3 Å². The van der Waals surface area contributed by atoms with Crippen LogP contribution in [-0.2, 0) is 32.6 Å². The smallest absolute Gasteiger partial charge is 0.264 e. The van der Waals surface area contributed by atoms with Crippen LogP contribution in [0.3, 0.4) is 0 Å². The summed E-state index contributed by atoms with van der Waals surface area (Å²) in [6.45, 7) is 1.95. The lowest BCUT2D eigenvalue weighted by atomic mass is 10.0. The highest BCUT2D eigenvalue weighted by Gasteiger charge is 2.34. The van der Waals surface area contributed by atoms with Crippen LogP contribution in [0.2, 0.25) is 10.0 Å². The highest BCUT2D eigenvalue weighted by molar-refractivity contribution is 7.92. The van der Waals surface area contributed by atoms with Crippen LogP contribution in [0.5, 0.6) is 0 Å². The van der Waals surface area contributed by atoms with Crippen molar-refractivity contribution in [3.05, 3.63) is 130 Å². The second-order valence-electron chi connectivity index (χ2n) is 10.3. The molecule has 4 rings (SSSR count). The normalized spacial score (nSPS) is 11.9. The zero-order chi connectivity index (χ0) is 31.5. The van der Waals surface area contributed by atoms with Gasteiger partial charge in [0.25, 0.3) is 10.0 Å². The number of halogens is 2. The first-order chi connectivity index (χ1) is 21.2. The van der Waals surface area contributed by atoms with Gasteiger partial charge < -0.3 is 10.2 Å². The number of benzene rings is 4. The van der Waals surface area contributed by atoms with Gasteiger partial charge in [0, 0.05) is 29.6 Å². The number of hydrogen-bond donors (Lipinski definition) is 1. The molecule has 0 aliphatic carbocycles. The maximum atomic E-state index is 14.4. The molecule has 4 aromatic rings. The summed E-state index contributed by atoms with van der Waals surface area (Å²) in [4.78, 5) is 29.6. The maximum absolute atomic E-state index is 14.4. The Hall–Kier alpha value is -3.85. The van der Waals surface area contributed by atoms with Crippen LogP contribution in [-0.4, -0.2) is 44.3 Å². The van der Waals surface area contributed by atoms with Gasteiger partial charge in [-0.2, -0.15) is 0 Å². The van der Waals surface area contributed by atoms with E-state index in [0.717, 1.165) is 22.7 Å². The Bertz CT molecular complexity index is 1650. The van der Waals surface area contributed by atoms with Crippen molar-refractivity contribution in [1.29, 1.82) is 0 Å². The van der Waals surface area contributed by atoms with Crippen molar-refractivity contribution in [2.24, 2.45) is 0 Å². The fourth-order valence-corrected chi connectivity index (χ4v) is 6.60. The second kappa shape index (κ2) is 15.7. The van der Waals surface area contributed by atoms with E-state index in [1.54, 1.807) is 54.6 Å². The Labute approximate surface area is 269 Å². The number of anilines is 1. The molecule has 0 saturated heterocycles. The molecule has 0 aliphatic rings. The monoisotopic (exact) mass is 651 g/mol. The molecule has 0 radical (unpaired) electrons. The third kappa shape index (κ3) is 8.85. The molecule has 10 heteroatoms. The fraction of sp³-hybridized carbons (Fsp3) is 0.235. The zero-order valence-corrected chi connectivity index (χ0v) is 26.7. The maximum Gasteiger partial charge on any atom is 0.264 e. The van der Waals surface area contributed by atoms with Crippen LogP contribution in [0.25, 0.3) is 0 Å². The molecule has 0 fully saturated rings. The summed E-state index contributed by atoms with van der Waals surface area (Å²) >= 11 is 12.6. The first-order valence-corrected chi connectivity index (χ1v) is 16.6. The fourth-order valence-electron chi connectivity index (χ4n) is 4.77. The molecule has 0 unspecified atom stereocenters. The average Bonchev–Trinajstić information content (AvgIpc) is 3.02. The van der Waals surface area contributed by atoms with Gasteiger partial charge in [-0.25, -0.2) is 8.42 Å².